The van der Waals surface area contributed by atoms with E-state index in [-0.39, 0.29) is 6.10 Å². The summed E-state index contributed by atoms with van der Waals surface area (Å²) in [6.45, 7) is 5.63. The van der Waals surface area contributed by atoms with Crippen molar-refractivity contribution in [3.05, 3.63) is 135 Å². The third-order valence-corrected chi connectivity index (χ3v) is 9.86. The molecule has 2 aliphatic rings. The minimum absolute atomic E-state index is 0.0107. The molecule has 5 aromatic carbocycles. The molecule has 5 aromatic rings. The van der Waals surface area contributed by atoms with E-state index < -0.39 is 0 Å². The molecule has 1 aliphatic heterocycles. The smallest absolute Gasteiger partial charge is 0.127 e. The number of hydrogen-bond donors (Lipinski definition) is 0. The molecule has 48 heavy (non-hydrogen) atoms. The van der Waals surface area contributed by atoms with Crippen molar-refractivity contribution < 1.29 is 9.47 Å². The Morgan fingerprint density at radius 1 is 0.646 bits per heavy atom. The molecule has 2 heteroatoms. The van der Waals surface area contributed by atoms with Gasteiger partial charge in [0, 0.05) is 22.3 Å². The average Bonchev–Trinajstić information content (AvgIpc) is 3.12. The summed E-state index contributed by atoms with van der Waals surface area (Å²) in [7, 11) is 0. The number of unbranched alkanes of at least 4 members (excludes halogenated alkanes) is 4. The fraction of sp³-hybridized carbons (Fsp3) is 0.304. The highest BCUT2D eigenvalue weighted by Crippen LogP contribution is 2.38. The highest BCUT2D eigenvalue weighted by Gasteiger charge is 2.27. The van der Waals surface area contributed by atoms with Gasteiger partial charge in [0.1, 0.15) is 12.4 Å². The van der Waals surface area contributed by atoms with Crippen molar-refractivity contribution in [2.24, 2.45) is 0 Å². The van der Waals surface area contributed by atoms with Crippen LogP contribution in [0.5, 0.6) is 5.75 Å². The second-order valence-corrected chi connectivity index (χ2v) is 13.3. The van der Waals surface area contributed by atoms with Gasteiger partial charge in [0.15, 0.2) is 0 Å². The van der Waals surface area contributed by atoms with E-state index in [1.165, 1.54) is 82.2 Å². The van der Waals surface area contributed by atoms with Gasteiger partial charge in [0.05, 0.1) is 12.7 Å². The Morgan fingerprint density at radius 3 is 2.08 bits per heavy atom. The summed E-state index contributed by atoms with van der Waals surface area (Å²) in [4.78, 5) is 0. The third kappa shape index (κ3) is 7.13. The standard InChI is InChI=1S/C46H46O2/c1-3-5-7-9-33-11-13-35(14-12-33)15-16-36-19-25-41-39(31-36)23-27-43-45(41)46-42-26-22-38(32-40(42)24-28-44(46)48-30-29-47-43)37-20-17-34(18-21-37)10-8-6-4-2/h11-14,17-27,31-32,44H,3-10,28-30H2,1-2H3/t44-/m0/s1. The molecule has 1 aliphatic carbocycles. The van der Waals surface area contributed by atoms with Crippen molar-refractivity contribution in [1.82, 2.24) is 0 Å². The number of benzene rings is 5. The summed E-state index contributed by atoms with van der Waals surface area (Å²) in [6.07, 6.45) is 13.1. The van der Waals surface area contributed by atoms with E-state index in [0.29, 0.717) is 13.2 Å². The minimum Gasteiger partial charge on any atom is -0.491 e. The molecule has 242 valence electrons. The van der Waals surface area contributed by atoms with Crippen LogP contribution in [0.4, 0.5) is 0 Å². The topological polar surface area (TPSA) is 18.5 Å². The van der Waals surface area contributed by atoms with Gasteiger partial charge in [-0.15, -0.1) is 0 Å². The van der Waals surface area contributed by atoms with Crippen LogP contribution in [-0.2, 0) is 17.6 Å². The van der Waals surface area contributed by atoms with Crippen LogP contribution in [0, 0.1) is 11.8 Å². The normalized spacial score (nSPS) is 15.1. The van der Waals surface area contributed by atoms with Crippen LogP contribution in [0.15, 0.2) is 97.1 Å². The number of rotatable bonds is 9. The lowest BCUT2D eigenvalue weighted by molar-refractivity contribution is 0.0639. The first-order valence-electron chi connectivity index (χ1n) is 18.1. The van der Waals surface area contributed by atoms with E-state index in [1.807, 2.05) is 0 Å². The quantitative estimate of drug-likeness (QED) is 0.119. The maximum Gasteiger partial charge on any atom is 0.127 e. The molecule has 0 saturated heterocycles. The molecular weight excluding hydrogens is 585 g/mol. The average molecular weight is 631 g/mol. The van der Waals surface area contributed by atoms with Crippen LogP contribution in [0.3, 0.4) is 0 Å². The molecule has 2 nitrogen and oxygen atoms in total. The molecule has 0 N–H and O–H groups in total. The molecule has 0 amide bonds. The molecule has 1 atom stereocenters. The zero-order chi connectivity index (χ0) is 32.7. The lowest BCUT2D eigenvalue weighted by atomic mass is 9.86. The Balaban J connectivity index is 1.23. The Kier molecular flexibility index (Phi) is 10.1. The van der Waals surface area contributed by atoms with E-state index in [4.69, 9.17) is 9.47 Å². The summed E-state index contributed by atoms with van der Waals surface area (Å²) in [5, 5.41) is 4.83. The molecule has 0 unspecified atom stereocenters. The molecular formula is C46H46O2. The third-order valence-electron chi connectivity index (χ3n) is 9.86. The second kappa shape index (κ2) is 15.1. The minimum atomic E-state index is -0.0107. The molecule has 0 fully saturated rings. The fourth-order valence-corrected chi connectivity index (χ4v) is 7.18. The van der Waals surface area contributed by atoms with E-state index in [2.05, 4.69) is 129 Å². The summed E-state index contributed by atoms with van der Waals surface area (Å²) < 4.78 is 12.8. The Hall–Kier alpha value is -4.58. The molecule has 0 bridgehead atoms. The molecule has 0 saturated carbocycles. The Labute approximate surface area is 286 Å². The second-order valence-electron chi connectivity index (χ2n) is 13.3. The summed E-state index contributed by atoms with van der Waals surface area (Å²) >= 11 is 0. The Morgan fingerprint density at radius 2 is 1.33 bits per heavy atom. The van der Waals surface area contributed by atoms with Gasteiger partial charge in [0.25, 0.3) is 0 Å². The molecule has 1 heterocycles. The summed E-state index contributed by atoms with van der Waals surface area (Å²) in [5.74, 6) is 7.74. The van der Waals surface area contributed by atoms with Crippen LogP contribution in [-0.4, -0.2) is 19.3 Å². The largest absolute Gasteiger partial charge is 0.491 e. The first-order chi connectivity index (χ1) is 23.7. The van der Waals surface area contributed by atoms with Crippen molar-refractivity contribution in [3.8, 4) is 28.7 Å². The number of ether oxygens (including phenoxy) is 2. The molecule has 0 radical (unpaired) electrons. The number of fused-ring (bicyclic) bond motifs is 6. The highest BCUT2D eigenvalue weighted by atomic mass is 16.5. The zero-order valence-corrected chi connectivity index (χ0v) is 28.5. The first kappa shape index (κ1) is 32.0. The van der Waals surface area contributed by atoms with Crippen molar-refractivity contribution in [2.45, 2.75) is 77.7 Å². The van der Waals surface area contributed by atoms with Crippen LogP contribution in [0.25, 0.3) is 33.5 Å². The van der Waals surface area contributed by atoms with Crippen molar-refractivity contribution >= 4 is 22.4 Å². The maximum absolute atomic E-state index is 6.45. The summed E-state index contributed by atoms with van der Waals surface area (Å²) in [5.41, 5.74) is 9.76. The van der Waals surface area contributed by atoms with Gasteiger partial charge in [0.2, 0.25) is 0 Å². The van der Waals surface area contributed by atoms with Gasteiger partial charge < -0.3 is 9.47 Å². The molecule has 0 aromatic heterocycles. The van der Waals surface area contributed by atoms with Gasteiger partial charge in [-0.2, -0.15) is 0 Å². The van der Waals surface area contributed by atoms with E-state index in [0.717, 1.165) is 47.1 Å². The van der Waals surface area contributed by atoms with Crippen molar-refractivity contribution in [2.75, 3.05) is 13.2 Å². The predicted molar refractivity (Wildman–Crippen MR) is 201 cm³/mol. The maximum atomic E-state index is 6.45. The summed E-state index contributed by atoms with van der Waals surface area (Å²) in [6, 6.07) is 35.7. The van der Waals surface area contributed by atoms with E-state index >= 15 is 0 Å². The van der Waals surface area contributed by atoms with Gasteiger partial charge in [-0.3, -0.25) is 0 Å². The fourth-order valence-electron chi connectivity index (χ4n) is 7.18. The SMILES string of the molecule is CCCCCc1ccc(C#Cc2ccc3c4c(ccc3c2)OCCO[C@H]2CC=c3cc(-c5ccc(CCCCC)cc5)ccc3=C42)cc1. The predicted octanol–water partition coefficient (Wildman–Crippen LogP) is 9.53. The number of hydrogen-bond acceptors (Lipinski definition) is 2. The van der Waals surface area contributed by atoms with E-state index in [1.54, 1.807) is 0 Å². The zero-order valence-electron chi connectivity index (χ0n) is 28.5. The lowest BCUT2D eigenvalue weighted by Gasteiger charge is -2.29. The van der Waals surface area contributed by atoms with Gasteiger partial charge >= 0.3 is 0 Å². The number of aryl methyl sites for hydroxylation is 2. The van der Waals surface area contributed by atoms with E-state index in [9.17, 15) is 0 Å². The van der Waals surface area contributed by atoms with Crippen molar-refractivity contribution in [1.29, 1.82) is 0 Å². The van der Waals surface area contributed by atoms with Gasteiger partial charge in [-0.1, -0.05) is 118 Å². The van der Waals surface area contributed by atoms with Crippen LogP contribution in [0.1, 0.15) is 86.6 Å². The van der Waals surface area contributed by atoms with Gasteiger partial charge in [-0.25, -0.2) is 0 Å². The molecule has 0 spiro atoms. The van der Waals surface area contributed by atoms with Crippen LogP contribution in [0.2, 0.25) is 0 Å². The Bertz CT molecular complexity index is 2070. The lowest BCUT2D eigenvalue weighted by Crippen LogP contribution is -2.38. The first-order valence-corrected chi connectivity index (χ1v) is 18.1. The van der Waals surface area contributed by atoms with Crippen LogP contribution < -0.4 is 15.2 Å². The molecule has 7 rings (SSSR count). The monoisotopic (exact) mass is 630 g/mol. The van der Waals surface area contributed by atoms with Crippen LogP contribution >= 0.6 is 0 Å². The highest BCUT2D eigenvalue weighted by molar-refractivity contribution is 5.98. The van der Waals surface area contributed by atoms with Gasteiger partial charge in [-0.05, 0) is 112 Å². The van der Waals surface area contributed by atoms with Crippen molar-refractivity contribution in [3.63, 3.8) is 0 Å².